The lowest BCUT2D eigenvalue weighted by Crippen LogP contribution is -2.51. The maximum absolute atomic E-state index is 11.8. The number of hydrogen-bond donors (Lipinski definition) is 4. The van der Waals surface area contributed by atoms with Crippen molar-refractivity contribution in [2.45, 2.75) is 77.9 Å². The van der Waals surface area contributed by atoms with Crippen LogP contribution >= 0.6 is 0 Å². The van der Waals surface area contributed by atoms with Crippen LogP contribution in [0.15, 0.2) is 0 Å². The molecule has 0 radical (unpaired) electrons. The fourth-order valence-corrected chi connectivity index (χ4v) is 2.79. The van der Waals surface area contributed by atoms with E-state index in [1.54, 1.807) is 0 Å². The minimum atomic E-state index is -1.13. The minimum absolute atomic E-state index is 0.216. The third-order valence-electron chi connectivity index (χ3n) is 4.22. The Labute approximate surface area is 129 Å². The number of carbonyl (C=O) groups is 1. The normalized spacial score (nSPS) is 20.0. The third kappa shape index (κ3) is 7.79. The fourth-order valence-electron chi connectivity index (χ4n) is 2.79. The molecule has 2 unspecified atom stereocenters. The van der Waals surface area contributed by atoms with Crippen molar-refractivity contribution in [1.82, 2.24) is 10.9 Å². The number of rotatable bonds is 7. The number of nitrogens with one attached hydrogen (secondary N) is 2. The highest BCUT2D eigenvalue weighted by Gasteiger charge is 2.26. The number of carbonyl (C=O) groups excluding carboxylic acids is 1. The van der Waals surface area contributed by atoms with E-state index in [-0.39, 0.29) is 5.41 Å². The van der Waals surface area contributed by atoms with Crippen LogP contribution in [0.3, 0.4) is 0 Å². The molecule has 1 aliphatic carbocycles. The van der Waals surface area contributed by atoms with Gasteiger partial charge in [0.05, 0.1) is 0 Å². The molecular formula is C16H33N3O2. The van der Waals surface area contributed by atoms with E-state index < -0.39 is 18.1 Å². The second-order valence-electron chi connectivity index (χ2n) is 7.58. The molecule has 0 saturated heterocycles. The summed E-state index contributed by atoms with van der Waals surface area (Å²) in [6, 6.07) is -0.475. The first-order valence-corrected chi connectivity index (χ1v) is 8.26. The predicted octanol–water partition coefficient (Wildman–Crippen LogP) is 1.70. The maximum atomic E-state index is 11.8. The largest absolute Gasteiger partial charge is 0.382 e. The number of aliphatic hydroxyl groups excluding tert-OH is 1. The van der Waals surface area contributed by atoms with E-state index in [0.717, 1.165) is 12.8 Å². The van der Waals surface area contributed by atoms with Crippen LogP contribution in [0, 0.1) is 11.3 Å². The van der Waals surface area contributed by atoms with Crippen LogP contribution in [-0.2, 0) is 4.79 Å². The summed E-state index contributed by atoms with van der Waals surface area (Å²) in [7, 11) is 0. The van der Waals surface area contributed by atoms with Gasteiger partial charge in [-0.15, -0.1) is 0 Å². The van der Waals surface area contributed by atoms with E-state index >= 15 is 0 Å². The molecule has 0 bridgehead atoms. The zero-order valence-electron chi connectivity index (χ0n) is 13.8. The molecule has 5 heteroatoms. The Morgan fingerprint density at radius 1 is 1.29 bits per heavy atom. The molecule has 0 aliphatic heterocycles. The molecule has 0 aromatic heterocycles. The summed E-state index contributed by atoms with van der Waals surface area (Å²) < 4.78 is 0. The molecule has 0 aromatic rings. The maximum Gasteiger partial charge on any atom is 0.264 e. The summed E-state index contributed by atoms with van der Waals surface area (Å²) in [5.74, 6) is 0.136. The molecule has 2 atom stereocenters. The Hall–Kier alpha value is -0.650. The van der Waals surface area contributed by atoms with E-state index in [9.17, 15) is 9.90 Å². The van der Waals surface area contributed by atoms with Crippen LogP contribution in [0.1, 0.15) is 65.7 Å². The number of aliphatic hydroxyl groups is 1. The Kier molecular flexibility index (Phi) is 7.63. The van der Waals surface area contributed by atoms with E-state index in [1.807, 2.05) is 0 Å². The lowest BCUT2D eigenvalue weighted by molar-refractivity contribution is -0.131. The Morgan fingerprint density at radius 3 is 2.48 bits per heavy atom. The number of nitrogens with two attached hydrogens (primary N) is 1. The van der Waals surface area contributed by atoms with Crippen molar-refractivity contribution in [2.24, 2.45) is 17.1 Å². The van der Waals surface area contributed by atoms with Gasteiger partial charge in [0.25, 0.3) is 5.91 Å². The average Bonchev–Trinajstić information content (AvgIpc) is 2.42. The van der Waals surface area contributed by atoms with Crippen molar-refractivity contribution < 1.29 is 9.90 Å². The zero-order valence-corrected chi connectivity index (χ0v) is 13.8. The molecular weight excluding hydrogens is 266 g/mol. The Balaban J connectivity index is 2.22. The van der Waals surface area contributed by atoms with Gasteiger partial charge in [-0.1, -0.05) is 52.9 Å². The van der Waals surface area contributed by atoms with E-state index in [4.69, 9.17) is 5.73 Å². The highest BCUT2D eigenvalue weighted by Crippen LogP contribution is 2.27. The van der Waals surface area contributed by atoms with Gasteiger partial charge in [0.1, 0.15) is 6.10 Å². The van der Waals surface area contributed by atoms with Gasteiger partial charge in [-0.2, -0.15) is 0 Å². The summed E-state index contributed by atoms with van der Waals surface area (Å²) in [4.78, 5) is 11.8. The van der Waals surface area contributed by atoms with Crippen molar-refractivity contribution in [2.75, 3.05) is 6.54 Å². The van der Waals surface area contributed by atoms with Crippen LogP contribution < -0.4 is 16.6 Å². The lowest BCUT2D eigenvalue weighted by Gasteiger charge is -2.26. The van der Waals surface area contributed by atoms with Crippen molar-refractivity contribution in [3.8, 4) is 0 Å². The Morgan fingerprint density at radius 2 is 1.90 bits per heavy atom. The second-order valence-corrected chi connectivity index (χ2v) is 7.58. The summed E-state index contributed by atoms with van der Waals surface area (Å²) in [5, 5.41) is 10.00. The number of hydrogen-bond acceptors (Lipinski definition) is 4. The smallest absolute Gasteiger partial charge is 0.264 e. The molecule has 1 saturated carbocycles. The number of hydrazine groups is 1. The summed E-state index contributed by atoms with van der Waals surface area (Å²) >= 11 is 0. The van der Waals surface area contributed by atoms with Gasteiger partial charge >= 0.3 is 0 Å². The first-order chi connectivity index (χ1) is 9.79. The number of amides is 1. The Bertz CT molecular complexity index is 309. The zero-order chi connectivity index (χ0) is 15.9. The molecule has 1 aliphatic rings. The fraction of sp³-hybridized carbons (Fsp3) is 0.938. The van der Waals surface area contributed by atoms with Crippen LogP contribution in [0.5, 0.6) is 0 Å². The standard InChI is InChI=1S/C16H33N3O2/c1-16(2,3)9-10-18-19-15(21)14(20)13(17)11-12-7-5-4-6-8-12/h12-14,18,20H,4-11,17H2,1-3H3,(H,19,21). The highest BCUT2D eigenvalue weighted by molar-refractivity contribution is 5.80. The quantitative estimate of drug-likeness (QED) is 0.426. The lowest BCUT2D eigenvalue weighted by atomic mass is 9.84. The summed E-state index contributed by atoms with van der Waals surface area (Å²) in [6.07, 6.45) is 6.68. The van der Waals surface area contributed by atoms with Gasteiger partial charge in [0, 0.05) is 12.6 Å². The highest BCUT2D eigenvalue weighted by atomic mass is 16.3. The van der Waals surface area contributed by atoms with Crippen molar-refractivity contribution >= 4 is 5.91 Å². The molecule has 0 spiro atoms. The second kappa shape index (κ2) is 8.71. The first kappa shape index (κ1) is 18.4. The molecule has 21 heavy (non-hydrogen) atoms. The third-order valence-corrected chi connectivity index (χ3v) is 4.22. The van der Waals surface area contributed by atoms with E-state index in [1.165, 1.54) is 32.1 Å². The van der Waals surface area contributed by atoms with Crippen molar-refractivity contribution in [1.29, 1.82) is 0 Å². The van der Waals surface area contributed by atoms with Gasteiger partial charge in [0.15, 0.2) is 0 Å². The van der Waals surface area contributed by atoms with Crippen molar-refractivity contribution in [3.63, 3.8) is 0 Å². The average molecular weight is 299 g/mol. The van der Waals surface area contributed by atoms with Gasteiger partial charge in [-0.3, -0.25) is 10.2 Å². The topological polar surface area (TPSA) is 87.4 Å². The summed E-state index contributed by atoms with van der Waals surface area (Å²) in [5.41, 5.74) is 11.6. The molecule has 1 rings (SSSR count). The molecule has 1 amide bonds. The van der Waals surface area contributed by atoms with Gasteiger partial charge in [0.2, 0.25) is 0 Å². The van der Waals surface area contributed by atoms with Crippen LogP contribution in [0.25, 0.3) is 0 Å². The molecule has 0 heterocycles. The van der Waals surface area contributed by atoms with Gasteiger partial charge < -0.3 is 10.8 Å². The van der Waals surface area contributed by atoms with Crippen molar-refractivity contribution in [3.05, 3.63) is 0 Å². The van der Waals surface area contributed by atoms with Gasteiger partial charge in [-0.05, 0) is 24.2 Å². The molecule has 5 N–H and O–H groups in total. The molecule has 5 nitrogen and oxygen atoms in total. The van der Waals surface area contributed by atoms with Crippen LogP contribution in [-0.4, -0.2) is 29.7 Å². The van der Waals surface area contributed by atoms with Gasteiger partial charge in [-0.25, -0.2) is 5.43 Å². The predicted molar refractivity (Wildman–Crippen MR) is 85.4 cm³/mol. The molecule has 1 fully saturated rings. The van der Waals surface area contributed by atoms with Crippen LogP contribution in [0.4, 0.5) is 0 Å². The van der Waals surface area contributed by atoms with Crippen LogP contribution in [0.2, 0.25) is 0 Å². The first-order valence-electron chi connectivity index (χ1n) is 8.26. The SMILES string of the molecule is CC(C)(C)CCNNC(=O)C(O)C(N)CC1CCCCC1. The minimum Gasteiger partial charge on any atom is -0.382 e. The van der Waals surface area contributed by atoms with E-state index in [0.29, 0.717) is 12.5 Å². The monoisotopic (exact) mass is 299 g/mol. The summed E-state index contributed by atoms with van der Waals surface area (Å²) in [6.45, 7) is 7.11. The molecule has 0 aromatic carbocycles. The molecule has 124 valence electrons. The van der Waals surface area contributed by atoms with E-state index in [2.05, 4.69) is 31.6 Å².